The van der Waals surface area contributed by atoms with Crippen LogP contribution in [0.15, 0.2) is 85.1 Å². The van der Waals surface area contributed by atoms with Crippen LogP contribution in [0.4, 0.5) is 0 Å². The Bertz CT molecular complexity index is 1380. The van der Waals surface area contributed by atoms with E-state index in [2.05, 4.69) is 106 Å². The predicted octanol–water partition coefficient (Wildman–Crippen LogP) is 20.7. The van der Waals surface area contributed by atoms with Gasteiger partial charge in [0.05, 0.1) is 0 Å². The summed E-state index contributed by atoms with van der Waals surface area (Å²) < 4.78 is 16.9. The Kier molecular flexibility index (Phi) is 57.3. The highest BCUT2D eigenvalue weighted by Gasteiger charge is 2.19. The van der Waals surface area contributed by atoms with Crippen molar-refractivity contribution in [3.8, 4) is 0 Å². The molecule has 0 bridgehead atoms. The molecular weight excluding hydrogens is 889 g/mol. The van der Waals surface area contributed by atoms with E-state index in [1.807, 2.05) is 0 Å². The molecule has 0 N–H and O–H groups in total. The Hall–Kier alpha value is -3.41. The zero-order valence-corrected chi connectivity index (χ0v) is 47.4. The number of carbonyl (C=O) groups is 3. The molecule has 0 heterocycles. The third-order valence-corrected chi connectivity index (χ3v) is 13.1. The van der Waals surface area contributed by atoms with Gasteiger partial charge < -0.3 is 14.2 Å². The van der Waals surface area contributed by atoms with Crippen LogP contribution in [0.5, 0.6) is 0 Å². The molecule has 0 aliphatic heterocycles. The van der Waals surface area contributed by atoms with Gasteiger partial charge in [-0.15, -0.1) is 0 Å². The first-order valence-electron chi connectivity index (χ1n) is 30.6. The Labute approximate surface area is 445 Å². The molecule has 0 fully saturated rings. The molecule has 0 spiro atoms. The second kappa shape index (κ2) is 60.1. The molecule has 0 amide bonds. The fraction of sp³-hybridized carbons (Fsp3) is 0.742. The van der Waals surface area contributed by atoms with Crippen molar-refractivity contribution in [3.63, 3.8) is 0 Å². The van der Waals surface area contributed by atoms with Crippen LogP contribution in [-0.2, 0) is 28.6 Å². The predicted molar refractivity (Wildman–Crippen MR) is 311 cm³/mol. The van der Waals surface area contributed by atoms with Crippen LogP contribution in [0.3, 0.4) is 0 Å². The van der Waals surface area contributed by atoms with Crippen molar-refractivity contribution < 1.29 is 28.6 Å². The van der Waals surface area contributed by atoms with Crippen LogP contribution in [0, 0.1) is 0 Å². The first kappa shape index (κ1) is 68.6. The van der Waals surface area contributed by atoms with Crippen LogP contribution in [0.25, 0.3) is 0 Å². The summed E-state index contributed by atoms with van der Waals surface area (Å²) in [4.78, 5) is 38.2. The molecule has 0 aromatic carbocycles. The first-order chi connectivity index (χ1) is 35.5. The highest BCUT2D eigenvalue weighted by Crippen LogP contribution is 2.15. The van der Waals surface area contributed by atoms with Crippen LogP contribution in [0.1, 0.15) is 297 Å². The Morgan fingerprint density at radius 2 is 0.514 bits per heavy atom. The maximum absolute atomic E-state index is 12.9. The lowest BCUT2D eigenvalue weighted by Gasteiger charge is -2.18. The Morgan fingerprint density at radius 1 is 0.278 bits per heavy atom. The van der Waals surface area contributed by atoms with Crippen LogP contribution < -0.4 is 0 Å². The normalized spacial score (nSPS) is 12.7. The average molecular weight is 1000 g/mol. The molecule has 0 aliphatic rings. The maximum Gasteiger partial charge on any atom is 0.306 e. The number of hydrogen-bond donors (Lipinski definition) is 0. The van der Waals surface area contributed by atoms with Crippen molar-refractivity contribution >= 4 is 17.9 Å². The van der Waals surface area contributed by atoms with E-state index in [0.29, 0.717) is 19.3 Å². The summed E-state index contributed by atoms with van der Waals surface area (Å²) in [6.45, 7) is 6.56. The van der Waals surface area contributed by atoms with Crippen LogP contribution in [0.2, 0.25) is 0 Å². The van der Waals surface area contributed by atoms with Crippen molar-refractivity contribution in [1.29, 1.82) is 0 Å². The lowest BCUT2D eigenvalue weighted by Crippen LogP contribution is -2.30. The van der Waals surface area contributed by atoms with Crippen molar-refractivity contribution in [1.82, 2.24) is 0 Å². The smallest absolute Gasteiger partial charge is 0.306 e. The van der Waals surface area contributed by atoms with E-state index in [1.54, 1.807) is 0 Å². The summed E-state index contributed by atoms with van der Waals surface area (Å²) >= 11 is 0. The number of carbonyl (C=O) groups excluding carboxylic acids is 3. The molecule has 1 atom stereocenters. The number of unbranched alkanes of at least 4 members (excludes halogenated alkanes) is 30. The summed E-state index contributed by atoms with van der Waals surface area (Å²) in [5, 5.41) is 0. The summed E-state index contributed by atoms with van der Waals surface area (Å²) in [6, 6.07) is 0. The minimum atomic E-state index is -0.791. The molecule has 414 valence electrons. The standard InChI is InChI=1S/C66H114O6/c1-4-7-10-13-16-19-22-25-28-30-31-32-33-34-35-37-38-41-44-47-50-53-56-59-65(68)71-62-63(61-70-64(67)58-55-52-49-46-43-40-27-24-21-18-15-12-9-6-3)72-66(69)60-57-54-51-48-45-42-39-36-29-26-23-20-17-14-11-8-5-2/h15,17-18,20,22,24-27,29-31,33-34,63H,4-14,16,19,21,23,28,32,35-62H2,1-3H3/b18-15-,20-17-,25-22-,27-24-,29-26-,31-30-,34-33-. The van der Waals surface area contributed by atoms with Gasteiger partial charge in [-0.25, -0.2) is 0 Å². The third kappa shape index (κ3) is 57.5. The molecule has 6 nitrogen and oxygen atoms in total. The number of ether oxygens (including phenoxy) is 3. The molecule has 0 rings (SSSR count). The van der Waals surface area contributed by atoms with Gasteiger partial charge in [0, 0.05) is 19.3 Å². The van der Waals surface area contributed by atoms with Gasteiger partial charge >= 0.3 is 17.9 Å². The molecule has 0 saturated carbocycles. The van der Waals surface area contributed by atoms with Crippen molar-refractivity contribution in [2.75, 3.05) is 13.2 Å². The summed E-state index contributed by atoms with van der Waals surface area (Å²) in [5.41, 5.74) is 0. The molecule has 0 radical (unpaired) electrons. The van der Waals surface area contributed by atoms with E-state index in [0.717, 1.165) is 116 Å². The van der Waals surface area contributed by atoms with Gasteiger partial charge in [-0.3, -0.25) is 14.4 Å². The number of allylic oxidation sites excluding steroid dienone is 14. The summed E-state index contributed by atoms with van der Waals surface area (Å²) in [5.74, 6) is -0.909. The molecule has 0 aromatic heterocycles. The summed E-state index contributed by atoms with van der Waals surface area (Å²) in [6.07, 6.45) is 78.6. The van der Waals surface area contributed by atoms with Crippen molar-refractivity contribution in [2.45, 2.75) is 303 Å². The van der Waals surface area contributed by atoms with E-state index < -0.39 is 6.10 Å². The molecule has 6 heteroatoms. The summed E-state index contributed by atoms with van der Waals surface area (Å²) in [7, 11) is 0. The van der Waals surface area contributed by atoms with Crippen LogP contribution in [-0.4, -0.2) is 37.2 Å². The lowest BCUT2D eigenvalue weighted by molar-refractivity contribution is -0.167. The SMILES string of the molecule is CCCC/C=C\C/C=C\CCCCCCCC(=O)OCC(COC(=O)CCCCCCCCCC/C=C\C/C=C\C/C=C\CCCCCCC)OC(=O)CCCCCCCCC/C=C\C/C=C\CCCCC. The Morgan fingerprint density at radius 3 is 0.847 bits per heavy atom. The molecular formula is C66H114O6. The molecule has 0 saturated heterocycles. The zero-order chi connectivity index (χ0) is 52.2. The molecule has 0 aliphatic carbocycles. The maximum atomic E-state index is 12.9. The molecule has 0 aromatic rings. The monoisotopic (exact) mass is 1000 g/mol. The topological polar surface area (TPSA) is 78.9 Å². The minimum Gasteiger partial charge on any atom is -0.462 e. The number of hydrogen-bond acceptors (Lipinski definition) is 6. The minimum absolute atomic E-state index is 0.0881. The van der Waals surface area contributed by atoms with E-state index in [-0.39, 0.29) is 31.1 Å². The fourth-order valence-corrected chi connectivity index (χ4v) is 8.44. The lowest BCUT2D eigenvalue weighted by atomic mass is 10.1. The van der Waals surface area contributed by atoms with E-state index in [1.165, 1.54) is 141 Å². The number of rotatable bonds is 55. The van der Waals surface area contributed by atoms with Gasteiger partial charge in [0.15, 0.2) is 6.10 Å². The van der Waals surface area contributed by atoms with Gasteiger partial charge in [0.1, 0.15) is 13.2 Å². The quantitative estimate of drug-likeness (QED) is 0.0261. The number of esters is 3. The second-order valence-electron chi connectivity index (χ2n) is 20.2. The molecule has 72 heavy (non-hydrogen) atoms. The van der Waals surface area contributed by atoms with E-state index in [4.69, 9.17) is 14.2 Å². The third-order valence-electron chi connectivity index (χ3n) is 13.1. The van der Waals surface area contributed by atoms with Crippen molar-refractivity contribution in [2.24, 2.45) is 0 Å². The van der Waals surface area contributed by atoms with E-state index >= 15 is 0 Å². The fourth-order valence-electron chi connectivity index (χ4n) is 8.44. The van der Waals surface area contributed by atoms with Gasteiger partial charge in [0.2, 0.25) is 0 Å². The van der Waals surface area contributed by atoms with Crippen LogP contribution >= 0.6 is 0 Å². The highest BCUT2D eigenvalue weighted by atomic mass is 16.6. The van der Waals surface area contributed by atoms with Crippen molar-refractivity contribution in [3.05, 3.63) is 85.1 Å². The first-order valence-corrected chi connectivity index (χ1v) is 30.6. The van der Waals surface area contributed by atoms with Gasteiger partial charge in [0.25, 0.3) is 0 Å². The van der Waals surface area contributed by atoms with Gasteiger partial charge in [-0.05, 0) is 116 Å². The van der Waals surface area contributed by atoms with Gasteiger partial charge in [-0.1, -0.05) is 247 Å². The highest BCUT2D eigenvalue weighted by molar-refractivity contribution is 5.71. The van der Waals surface area contributed by atoms with E-state index in [9.17, 15) is 14.4 Å². The molecule has 1 unspecified atom stereocenters. The second-order valence-corrected chi connectivity index (χ2v) is 20.2. The average Bonchev–Trinajstić information content (AvgIpc) is 3.38. The zero-order valence-electron chi connectivity index (χ0n) is 47.4. The van der Waals surface area contributed by atoms with Gasteiger partial charge in [-0.2, -0.15) is 0 Å². The largest absolute Gasteiger partial charge is 0.462 e. The Balaban J connectivity index is 4.38.